The second-order valence-corrected chi connectivity index (χ2v) is 4.42. The number of hydrogen-bond acceptors (Lipinski definition) is 5. The maximum atomic E-state index is 12.1. The summed E-state index contributed by atoms with van der Waals surface area (Å²) in [6, 6.07) is 3.34. The largest absolute Gasteiger partial charge is 0.368 e. The van der Waals surface area contributed by atoms with Gasteiger partial charge in [-0.3, -0.25) is 24.5 Å². The van der Waals surface area contributed by atoms with Crippen LogP contribution in [0.4, 0.5) is 5.69 Å². The van der Waals surface area contributed by atoms with Crippen molar-refractivity contribution in [1.82, 2.24) is 4.90 Å². The summed E-state index contributed by atoms with van der Waals surface area (Å²) < 4.78 is 0. The first kappa shape index (κ1) is 16.4. The SMILES string of the molecule is NC(=O)CN(CC(N)=O)C(=O)c1ccc(Cl)c([N+](=O)[O-])c1. The van der Waals surface area contributed by atoms with Crippen molar-refractivity contribution in [2.24, 2.45) is 11.5 Å². The molecule has 1 aromatic carbocycles. The topological polar surface area (TPSA) is 150 Å². The number of amides is 3. The molecule has 0 aliphatic heterocycles. The molecule has 0 saturated carbocycles. The molecule has 3 amide bonds. The summed E-state index contributed by atoms with van der Waals surface area (Å²) in [7, 11) is 0. The third kappa shape index (κ3) is 4.42. The zero-order valence-corrected chi connectivity index (χ0v) is 11.4. The predicted octanol–water partition coefficient (Wildman–Crippen LogP) is -0.339. The van der Waals surface area contributed by atoms with Crippen molar-refractivity contribution < 1.29 is 19.3 Å². The molecule has 1 rings (SSSR count). The van der Waals surface area contributed by atoms with Crippen LogP contribution in [-0.4, -0.2) is 40.6 Å². The van der Waals surface area contributed by atoms with E-state index in [0.717, 1.165) is 11.0 Å². The smallest absolute Gasteiger partial charge is 0.288 e. The van der Waals surface area contributed by atoms with Gasteiger partial charge in [-0.1, -0.05) is 11.6 Å². The molecule has 0 unspecified atom stereocenters. The number of nitro groups is 1. The molecule has 0 heterocycles. The number of carbonyl (C=O) groups is 3. The minimum atomic E-state index is -0.854. The lowest BCUT2D eigenvalue weighted by molar-refractivity contribution is -0.384. The maximum absolute atomic E-state index is 12.1. The van der Waals surface area contributed by atoms with Gasteiger partial charge in [0.15, 0.2) is 0 Å². The van der Waals surface area contributed by atoms with Crippen LogP contribution in [0.1, 0.15) is 10.4 Å². The van der Waals surface area contributed by atoms with Gasteiger partial charge in [-0.25, -0.2) is 0 Å². The van der Waals surface area contributed by atoms with E-state index in [0.29, 0.717) is 0 Å². The molecule has 112 valence electrons. The zero-order chi connectivity index (χ0) is 16.2. The Morgan fingerprint density at radius 1 is 1.19 bits per heavy atom. The van der Waals surface area contributed by atoms with Crippen molar-refractivity contribution in [2.75, 3.05) is 13.1 Å². The molecule has 9 nitrogen and oxygen atoms in total. The summed E-state index contributed by atoms with van der Waals surface area (Å²) in [6.07, 6.45) is 0. The number of carbonyl (C=O) groups excluding carboxylic acids is 3. The summed E-state index contributed by atoms with van der Waals surface area (Å²) in [5, 5.41) is 10.6. The van der Waals surface area contributed by atoms with Gasteiger partial charge in [-0.05, 0) is 12.1 Å². The number of halogens is 1. The van der Waals surface area contributed by atoms with E-state index in [1.807, 2.05) is 0 Å². The Balaban J connectivity index is 3.13. The fraction of sp³-hybridized carbons (Fsp3) is 0.182. The van der Waals surface area contributed by atoms with Crippen LogP contribution in [0.3, 0.4) is 0 Å². The van der Waals surface area contributed by atoms with Crippen LogP contribution in [0.5, 0.6) is 0 Å². The normalized spacial score (nSPS) is 9.95. The third-order valence-corrected chi connectivity index (χ3v) is 2.69. The van der Waals surface area contributed by atoms with Crippen molar-refractivity contribution in [2.45, 2.75) is 0 Å². The van der Waals surface area contributed by atoms with Crippen LogP contribution in [0.15, 0.2) is 18.2 Å². The van der Waals surface area contributed by atoms with E-state index < -0.39 is 41.4 Å². The first-order chi connectivity index (χ1) is 9.72. The zero-order valence-electron chi connectivity index (χ0n) is 10.6. The van der Waals surface area contributed by atoms with Crippen LogP contribution in [0.2, 0.25) is 5.02 Å². The molecule has 0 aromatic heterocycles. The van der Waals surface area contributed by atoms with Crippen molar-refractivity contribution in [3.63, 3.8) is 0 Å². The molecule has 0 spiro atoms. The third-order valence-electron chi connectivity index (χ3n) is 2.37. The lowest BCUT2D eigenvalue weighted by Gasteiger charge is -2.19. The number of nitro benzene ring substituents is 1. The summed E-state index contributed by atoms with van der Waals surface area (Å²) in [4.78, 5) is 44.8. The molecular weight excluding hydrogens is 304 g/mol. The lowest BCUT2D eigenvalue weighted by atomic mass is 10.1. The Morgan fingerprint density at radius 2 is 1.71 bits per heavy atom. The van der Waals surface area contributed by atoms with Crippen LogP contribution < -0.4 is 11.5 Å². The fourth-order valence-corrected chi connectivity index (χ4v) is 1.73. The fourth-order valence-electron chi connectivity index (χ4n) is 1.54. The minimum absolute atomic E-state index is 0.117. The Kier molecular flexibility index (Phi) is 5.19. The van der Waals surface area contributed by atoms with Crippen LogP contribution in [0, 0.1) is 10.1 Å². The number of rotatable bonds is 6. The van der Waals surface area contributed by atoms with Crippen LogP contribution >= 0.6 is 11.6 Å². The Morgan fingerprint density at radius 3 is 2.14 bits per heavy atom. The van der Waals surface area contributed by atoms with Gasteiger partial charge in [0.1, 0.15) is 18.1 Å². The van der Waals surface area contributed by atoms with E-state index in [1.165, 1.54) is 12.1 Å². The molecule has 21 heavy (non-hydrogen) atoms. The van der Waals surface area contributed by atoms with Crippen molar-refractivity contribution in [3.8, 4) is 0 Å². The molecule has 0 aliphatic carbocycles. The second kappa shape index (κ2) is 6.66. The molecule has 1 aromatic rings. The molecule has 0 saturated heterocycles. The van der Waals surface area contributed by atoms with E-state index >= 15 is 0 Å². The maximum Gasteiger partial charge on any atom is 0.288 e. The molecule has 0 atom stereocenters. The molecule has 0 radical (unpaired) electrons. The molecule has 10 heteroatoms. The van der Waals surface area contributed by atoms with Gasteiger partial charge >= 0.3 is 0 Å². The Hall–Kier alpha value is -2.68. The predicted molar refractivity (Wildman–Crippen MR) is 72.4 cm³/mol. The van der Waals surface area contributed by atoms with Gasteiger partial charge in [-0.2, -0.15) is 0 Å². The van der Waals surface area contributed by atoms with E-state index in [9.17, 15) is 24.5 Å². The molecule has 0 fully saturated rings. The first-order valence-electron chi connectivity index (χ1n) is 5.52. The van der Waals surface area contributed by atoms with Gasteiger partial charge in [0.25, 0.3) is 11.6 Å². The van der Waals surface area contributed by atoms with E-state index in [-0.39, 0.29) is 10.6 Å². The quantitative estimate of drug-likeness (QED) is 0.544. The number of nitrogens with two attached hydrogens (primary N) is 2. The van der Waals surface area contributed by atoms with E-state index in [2.05, 4.69) is 0 Å². The molecular formula is C11H11ClN4O5. The highest BCUT2D eigenvalue weighted by Gasteiger charge is 2.22. The van der Waals surface area contributed by atoms with Crippen molar-refractivity contribution >= 4 is 35.0 Å². The average molecular weight is 315 g/mol. The molecule has 0 bridgehead atoms. The van der Waals surface area contributed by atoms with Crippen LogP contribution in [-0.2, 0) is 9.59 Å². The molecule has 4 N–H and O–H groups in total. The second-order valence-electron chi connectivity index (χ2n) is 4.02. The van der Waals surface area contributed by atoms with E-state index in [4.69, 9.17) is 23.1 Å². The minimum Gasteiger partial charge on any atom is -0.368 e. The lowest BCUT2D eigenvalue weighted by Crippen LogP contribution is -2.43. The van der Waals surface area contributed by atoms with E-state index in [1.54, 1.807) is 0 Å². The van der Waals surface area contributed by atoms with Gasteiger partial charge in [0.2, 0.25) is 11.8 Å². The number of primary amides is 2. The average Bonchev–Trinajstić information content (AvgIpc) is 2.36. The van der Waals surface area contributed by atoms with Gasteiger partial charge in [0.05, 0.1) is 4.92 Å². The Labute approximate surface area is 123 Å². The van der Waals surface area contributed by atoms with Gasteiger partial charge < -0.3 is 16.4 Å². The highest BCUT2D eigenvalue weighted by Crippen LogP contribution is 2.25. The number of nitrogens with zero attached hydrogens (tertiary/aromatic N) is 2. The van der Waals surface area contributed by atoms with Gasteiger partial charge in [-0.15, -0.1) is 0 Å². The van der Waals surface area contributed by atoms with Crippen molar-refractivity contribution in [1.29, 1.82) is 0 Å². The monoisotopic (exact) mass is 314 g/mol. The molecule has 0 aliphatic rings. The highest BCUT2D eigenvalue weighted by atomic mass is 35.5. The summed E-state index contributed by atoms with van der Waals surface area (Å²) >= 11 is 5.63. The van der Waals surface area contributed by atoms with Crippen molar-refractivity contribution in [3.05, 3.63) is 38.9 Å². The summed E-state index contributed by atoms with van der Waals surface area (Å²) in [5.74, 6) is -2.51. The Bertz CT molecular complexity index is 603. The summed E-state index contributed by atoms with van der Waals surface area (Å²) in [6.45, 7) is -1.09. The summed E-state index contributed by atoms with van der Waals surface area (Å²) in [5.41, 5.74) is 9.36. The number of benzene rings is 1. The van der Waals surface area contributed by atoms with Crippen LogP contribution in [0.25, 0.3) is 0 Å². The van der Waals surface area contributed by atoms with Gasteiger partial charge in [0, 0.05) is 11.6 Å². The standard InChI is InChI=1S/C11H11ClN4O5/c12-7-2-1-6(3-8(7)16(20)21)11(19)15(4-9(13)17)5-10(14)18/h1-3H,4-5H2,(H2,13,17)(H2,14,18). The number of hydrogen-bond donors (Lipinski definition) is 2. The first-order valence-corrected chi connectivity index (χ1v) is 5.90. The highest BCUT2D eigenvalue weighted by molar-refractivity contribution is 6.32.